The molecule has 36 heavy (non-hydrogen) atoms. The van der Waals surface area contributed by atoms with E-state index in [1.54, 1.807) is 36.8 Å². The van der Waals surface area contributed by atoms with Crippen molar-refractivity contribution in [2.24, 2.45) is 0 Å². The Morgan fingerprint density at radius 3 is 2.67 bits per heavy atom. The Morgan fingerprint density at radius 2 is 1.92 bits per heavy atom. The minimum atomic E-state index is -0.405. The fourth-order valence-electron chi connectivity index (χ4n) is 4.45. The topological polar surface area (TPSA) is 109 Å². The Hall–Kier alpha value is -3.63. The predicted octanol–water partition coefficient (Wildman–Crippen LogP) is 4.51. The monoisotopic (exact) mass is 504 g/mol. The molecule has 0 radical (unpaired) electrons. The van der Waals surface area contributed by atoms with E-state index in [0.717, 1.165) is 54.1 Å². The van der Waals surface area contributed by atoms with Crippen LogP contribution in [0.5, 0.6) is 0 Å². The zero-order valence-corrected chi connectivity index (χ0v) is 20.2. The third-order valence-electron chi connectivity index (χ3n) is 6.28. The Kier molecular flexibility index (Phi) is 7.33. The average molecular weight is 505 g/mol. The molecule has 0 atom stereocenters. The first kappa shape index (κ1) is 24.1. The van der Waals surface area contributed by atoms with E-state index >= 15 is 0 Å². The van der Waals surface area contributed by atoms with E-state index in [4.69, 9.17) is 0 Å². The lowest BCUT2D eigenvalue weighted by molar-refractivity contribution is -0.115. The van der Waals surface area contributed by atoms with Gasteiger partial charge in [0.1, 0.15) is 5.82 Å². The van der Waals surface area contributed by atoms with Crippen molar-refractivity contribution >= 4 is 34.9 Å². The summed E-state index contributed by atoms with van der Waals surface area (Å²) in [6.07, 6.45) is 10.6. The number of anilines is 1. The number of nitrogens with one attached hydrogen (secondary N) is 3. The first-order chi connectivity index (χ1) is 17.5. The molecule has 2 aliphatic rings. The molecule has 0 bridgehead atoms. The number of hydrogen-bond donors (Lipinski definition) is 3. The van der Waals surface area contributed by atoms with E-state index in [0.29, 0.717) is 29.1 Å². The molecule has 8 nitrogen and oxygen atoms in total. The molecule has 1 aliphatic heterocycles. The van der Waals surface area contributed by atoms with E-state index in [1.807, 2.05) is 18.2 Å². The molecule has 3 N–H and O–H groups in total. The first-order valence-electron chi connectivity index (χ1n) is 11.8. The smallest absolute Gasteiger partial charge is 0.290 e. The second-order valence-corrected chi connectivity index (χ2v) is 9.79. The Balaban J connectivity index is 1.15. The number of halogens is 1. The number of imide groups is 1. The molecule has 5 rings (SSSR count). The molecule has 3 heterocycles. The molecule has 1 saturated carbocycles. The number of pyridine rings is 1. The van der Waals surface area contributed by atoms with E-state index in [-0.39, 0.29) is 17.1 Å². The van der Waals surface area contributed by atoms with Gasteiger partial charge in [-0.15, -0.1) is 0 Å². The van der Waals surface area contributed by atoms with Gasteiger partial charge < -0.3 is 10.6 Å². The van der Waals surface area contributed by atoms with E-state index in [9.17, 15) is 14.0 Å². The summed E-state index contributed by atoms with van der Waals surface area (Å²) in [6.45, 7) is 0.654. The van der Waals surface area contributed by atoms with Crippen LogP contribution in [-0.2, 0) is 11.3 Å². The van der Waals surface area contributed by atoms with Gasteiger partial charge >= 0.3 is 0 Å². The fraction of sp³-hybridized carbons (Fsp3) is 0.269. The van der Waals surface area contributed by atoms with Crippen LogP contribution in [0.15, 0.2) is 59.9 Å². The lowest BCUT2D eigenvalue weighted by Gasteiger charge is -2.30. The van der Waals surface area contributed by atoms with Gasteiger partial charge in [-0.05, 0) is 78.9 Å². The molecule has 10 heteroatoms. The predicted molar refractivity (Wildman–Crippen MR) is 137 cm³/mol. The zero-order chi connectivity index (χ0) is 24.9. The van der Waals surface area contributed by atoms with Crippen molar-refractivity contribution in [2.75, 3.05) is 5.32 Å². The largest absolute Gasteiger partial charge is 0.351 e. The normalized spacial score (nSPS) is 21.0. The van der Waals surface area contributed by atoms with Crippen molar-refractivity contribution in [3.63, 3.8) is 0 Å². The number of carbonyl (C=O) groups excluding carboxylic acids is 2. The SMILES string of the molecule is O=C1NC(=O)/C(=C\c2ccnc(NC3CCC(NCc4ccc(F)cc4-c4cccnc4)CC3)n2)S1. The van der Waals surface area contributed by atoms with Crippen molar-refractivity contribution in [1.82, 2.24) is 25.6 Å². The maximum absolute atomic E-state index is 13.9. The van der Waals surface area contributed by atoms with Crippen LogP contribution in [0, 0.1) is 5.82 Å². The van der Waals surface area contributed by atoms with E-state index < -0.39 is 5.91 Å². The van der Waals surface area contributed by atoms with Crippen LogP contribution in [0.1, 0.15) is 36.9 Å². The molecule has 2 fully saturated rings. The fourth-order valence-corrected chi connectivity index (χ4v) is 5.12. The van der Waals surface area contributed by atoms with Crippen molar-refractivity contribution in [3.8, 4) is 11.1 Å². The van der Waals surface area contributed by atoms with Gasteiger partial charge in [0.05, 0.1) is 10.6 Å². The number of thioether (sulfide) groups is 1. The number of nitrogens with zero attached hydrogens (tertiary/aromatic N) is 3. The highest BCUT2D eigenvalue weighted by molar-refractivity contribution is 8.18. The van der Waals surface area contributed by atoms with Crippen molar-refractivity contribution < 1.29 is 14.0 Å². The second kappa shape index (κ2) is 11.0. The highest BCUT2D eigenvalue weighted by Gasteiger charge is 2.25. The highest BCUT2D eigenvalue weighted by Crippen LogP contribution is 2.27. The van der Waals surface area contributed by atoms with Crippen LogP contribution in [0.4, 0.5) is 15.1 Å². The highest BCUT2D eigenvalue weighted by atomic mass is 32.2. The lowest BCUT2D eigenvalue weighted by Crippen LogP contribution is -2.37. The Bertz CT molecular complexity index is 1290. The van der Waals surface area contributed by atoms with Gasteiger partial charge in [0.25, 0.3) is 11.1 Å². The number of amides is 2. The van der Waals surface area contributed by atoms with Crippen LogP contribution in [0.3, 0.4) is 0 Å². The molecule has 0 spiro atoms. The first-order valence-corrected chi connectivity index (χ1v) is 12.6. The maximum Gasteiger partial charge on any atom is 0.290 e. The number of carbonyl (C=O) groups is 2. The minimum Gasteiger partial charge on any atom is -0.351 e. The molecular weight excluding hydrogens is 479 g/mol. The van der Waals surface area contributed by atoms with Gasteiger partial charge in [0.2, 0.25) is 5.95 Å². The molecule has 3 aromatic rings. The third-order valence-corrected chi connectivity index (χ3v) is 7.09. The van der Waals surface area contributed by atoms with Crippen LogP contribution < -0.4 is 16.0 Å². The van der Waals surface area contributed by atoms with Crippen LogP contribution in [0.2, 0.25) is 0 Å². The van der Waals surface area contributed by atoms with Gasteiger partial charge in [-0.3, -0.25) is 19.9 Å². The summed E-state index contributed by atoms with van der Waals surface area (Å²) >= 11 is 0.865. The second-order valence-electron chi connectivity index (χ2n) is 8.77. The van der Waals surface area contributed by atoms with Crippen LogP contribution >= 0.6 is 11.8 Å². The molecule has 1 saturated heterocycles. The molecule has 2 aromatic heterocycles. The maximum atomic E-state index is 13.9. The molecule has 1 aromatic carbocycles. The van der Waals surface area contributed by atoms with Crippen molar-refractivity contribution in [3.05, 3.63) is 77.0 Å². The van der Waals surface area contributed by atoms with E-state index in [2.05, 4.69) is 30.9 Å². The standard InChI is InChI=1S/C26H25FN6O2S/c27-18-4-3-17(22(12-18)16-2-1-10-28-14-16)15-30-19-5-7-20(8-6-19)31-25-29-11-9-21(32-25)13-23-24(34)33-26(35)36-23/h1-4,9-14,19-20,30H,5-8,15H2,(H,29,31,32)(H,33,34,35)/b23-13+. The van der Waals surface area contributed by atoms with E-state index in [1.165, 1.54) is 6.07 Å². The molecule has 1 aliphatic carbocycles. The molecule has 184 valence electrons. The summed E-state index contributed by atoms with van der Waals surface area (Å²) in [5, 5.41) is 8.89. The summed E-state index contributed by atoms with van der Waals surface area (Å²) in [6, 6.07) is 11.0. The summed E-state index contributed by atoms with van der Waals surface area (Å²) < 4.78 is 13.9. The van der Waals surface area contributed by atoms with Gasteiger partial charge in [-0.25, -0.2) is 14.4 Å². The summed E-state index contributed by atoms with van der Waals surface area (Å²) in [5.74, 6) is -0.162. The Morgan fingerprint density at radius 1 is 1.08 bits per heavy atom. The number of benzene rings is 1. The summed E-state index contributed by atoms with van der Waals surface area (Å²) in [4.78, 5) is 36.4. The minimum absolute atomic E-state index is 0.244. The zero-order valence-electron chi connectivity index (χ0n) is 19.4. The summed E-state index contributed by atoms with van der Waals surface area (Å²) in [5.41, 5.74) is 3.37. The molecule has 2 amide bonds. The van der Waals surface area contributed by atoms with Crippen molar-refractivity contribution in [1.29, 1.82) is 0 Å². The summed E-state index contributed by atoms with van der Waals surface area (Å²) in [7, 11) is 0. The van der Waals surface area contributed by atoms with Crippen LogP contribution in [0.25, 0.3) is 17.2 Å². The van der Waals surface area contributed by atoms with Gasteiger partial charge in [0, 0.05) is 42.8 Å². The molecule has 0 unspecified atom stereocenters. The quantitative estimate of drug-likeness (QED) is 0.403. The number of hydrogen-bond acceptors (Lipinski definition) is 8. The van der Waals surface area contributed by atoms with Crippen molar-refractivity contribution in [2.45, 2.75) is 44.3 Å². The van der Waals surface area contributed by atoms with Gasteiger partial charge in [0.15, 0.2) is 0 Å². The number of rotatable bonds is 7. The third kappa shape index (κ3) is 5.95. The average Bonchev–Trinajstić information content (AvgIpc) is 3.21. The van der Waals surface area contributed by atoms with Gasteiger partial charge in [-0.1, -0.05) is 12.1 Å². The lowest BCUT2D eigenvalue weighted by atomic mass is 9.91. The number of aromatic nitrogens is 3. The van der Waals surface area contributed by atoms with Crippen LogP contribution in [-0.4, -0.2) is 38.2 Å². The van der Waals surface area contributed by atoms with Gasteiger partial charge in [-0.2, -0.15) is 0 Å². The Labute approximate surface area is 212 Å². The molecular formula is C26H25FN6O2S.